The summed E-state index contributed by atoms with van der Waals surface area (Å²) in [6, 6.07) is 0.588. The van der Waals surface area contributed by atoms with Crippen molar-refractivity contribution < 1.29 is 4.74 Å². The molecule has 0 radical (unpaired) electrons. The molecule has 11 heavy (non-hydrogen) atoms. The SMILES string of the molecule is CC1CNCC2(CCOC2)N1. The zero-order valence-electron chi connectivity index (χ0n) is 7.02. The second kappa shape index (κ2) is 2.73. The van der Waals surface area contributed by atoms with Crippen LogP contribution >= 0.6 is 0 Å². The highest BCUT2D eigenvalue weighted by atomic mass is 16.5. The fraction of sp³-hybridized carbons (Fsp3) is 1.00. The second-order valence-electron chi connectivity index (χ2n) is 3.76. The van der Waals surface area contributed by atoms with Crippen molar-refractivity contribution in [1.29, 1.82) is 0 Å². The van der Waals surface area contributed by atoms with Crippen LogP contribution in [0.4, 0.5) is 0 Å². The van der Waals surface area contributed by atoms with Crippen molar-refractivity contribution in [3.63, 3.8) is 0 Å². The molecule has 2 aliphatic rings. The van der Waals surface area contributed by atoms with E-state index in [2.05, 4.69) is 17.6 Å². The molecule has 0 aliphatic carbocycles. The van der Waals surface area contributed by atoms with Crippen LogP contribution in [0.15, 0.2) is 0 Å². The van der Waals surface area contributed by atoms with Crippen molar-refractivity contribution >= 4 is 0 Å². The van der Waals surface area contributed by atoms with Gasteiger partial charge in [-0.2, -0.15) is 0 Å². The Kier molecular flexibility index (Phi) is 1.87. The normalized spacial score (nSPS) is 45.0. The summed E-state index contributed by atoms with van der Waals surface area (Å²) in [7, 11) is 0. The van der Waals surface area contributed by atoms with Gasteiger partial charge in [0.15, 0.2) is 0 Å². The molecule has 3 heteroatoms. The average molecular weight is 156 g/mol. The lowest BCUT2D eigenvalue weighted by Crippen LogP contribution is -2.63. The second-order valence-corrected chi connectivity index (χ2v) is 3.76. The molecule has 3 nitrogen and oxygen atoms in total. The number of nitrogens with one attached hydrogen (secondary N) is 2. The summed E-state index contributed by atoms with van der Waals surface area (Å²) in [5.74, 6) is 0. The maximum atomic E-state index is 5.38. The molecule has 0 saturated carbocycles. The quantitative estimate of drug-likeness (QED) is 0.506. The Morgan fingerprint density at radius 2 is 2.45 bits per heavy atom. The third kappa shape index (κ3) is 1.41. The van der Waals surface area contributed by atoms with Crippen LogP contribution in [-0.4, -0.2) is 37.9 Å². The van der Waals surface area contributed by atoms with Crippen LogP contribution in [0, 0.1) is 0 Å². The Balaban J connectivity index is 2.00. The summed E-state index contributed by atoms with van der Waals surface area (Å²) in [6.07, 6.45) is 1.16. The van der Waals surface area contributed by atoms with Crippen molar-refractivity contribution in [3.8, 4) is 0 Å². The molecule has 0 aromatic carbocycles. The molecule has 2 N–H and O–H groups in total. The van der Waals surface area contributed by atoms with Crippen molar-refractivity contribution in [2.75, 3.05) is 26.3 Å². The van der Waals surface area contributed by atoms with E-state index in [1.165, 1.54) is 0 Å². The Bertz CT molecular complexity index is 143. The minimum atomic E-state index is 0.262. The van der Waals surface area contributed by atoms with Crippen molar-refractivity contribution in [2.45, 2.75) is 24.9 Å². The molecule has 64 valence electrons. The maximum absolute atomic E-state index is 5.38. The van der Waals surface area contributed by atoms with Crippen LogP contribution in [0.3, 0.4) is 0 Å². The average Bonchev–Trinajstić information content (AvgIpc) is 2.37. The van der Waals surface area contributed by atoms with E-state index in [9.17, 15) is 0 Å². The molecule has 2 unspecified atom stereocenters. The predicted octanol–water partition coefficient (Wildman–Crippen LogP) is -0.273. The fourth-order valence-corrected chi connectivity index (χ4v) is 2.01. The molecule has 0 bridgehead atoms. The molecule has 0 amide bonds. The van der Waals surface area contributed by atoms with Gasteiger partial charge in [-0.3, -0.25) is 0 Å². The molecule has 2 saturated heterocycles. The summed E-state index contributed by atoms with van der Waals surface area (Å²) < 4.78 is 5.38. The molecule has 2 rings (SSSR count). The van der Waals surface area contributed by atoms with Gasteiger partial charge in [0.1, 0.15) is 0 Å². The lowest BCUT2D eigenvalue weighted by atomic mass is 9.95. The van der Waals surface area contributed by atoms with Gasteiger partial charge in [0.2, 0.25) is 0 Å². The zero-order valence-corrected chi connectivity index (χ0v) is 7.02. The van der Waals surface area contributed by atoms with Crippen molar-refractivity contribution in [3.05, 3.63) is 0 Å². The van der Waals surface area contributed by atoms with E-state index in [0.29, 0.717) is 6.04 Å². The van der Waals surface area contributed by atoms with Gasteiger partial charge < -0.3 is 15.4 Å². The minimum Gasteiger partial charge on any atom is -0.379 e. The number of piperazine rings is 1. The first-order chi connectivity index (χ1) is 5.31. The molecular formula is C8H16N2O. The van der Waals surface area contributed by atoms with Gasteiger partial charge in [-0.05, 0) is 13.3 Å². The summed E-state index contributed by atoms with van der Waals surface area (Å²) in [6.45, 7) is 6.16. The molecule has 0 aromatic heterocycles. The first kappa shape index (κ1) is 7.53. The van der Waals surface area contributed by atoms with Crippen LogP contribution in [0.25, 0.3) is 0 Å². The Morgan fingerprint density at radius 1 is 1.55 bits per heavy atom. The molecule has 0 aromatic rings. The third-order valence-electron chi connectivity index (χ3n) is 2.57. The number of hydrogen-bond donors (Lipinski definition) is 2. The van der Waals surface area contributed by atoms with E-state index in [4.69, 9.17) is 4.74 Å². The number of rotatable bonds is 0. The zero-order chi connectivity index (χ0) is 7.73. The van der Waals surface area contributed by atoms with Gasteiger partial charge >= 0.3 is 0 Å². The van der Waals surface area contributed by atoms with Gasteiger partial charge in [0.05, 0.1) is 12.1 Å². The molecule has 1 spiro atoms. The van der Waals surface area contributed by atoms with Gasteiger partial charge in [0, 0.05) is 25.7 Å². The monoisotopic (exact) mass is 156 g/mol. The van der Waals surface area contributed by atoms with E-state index in [1.54, 1.807) is 0 Å². The van der Waals surface area contributed by atoms with Gasteiger partial charge in [-0.1, -0.05) is 0 Å². The topological polar surface area (TPSA) is 33.3 Å². The van der Waals surface area contributed by atoms with E-state index in [-0.39, 0.29) is 5.54 Å². The molecular weight excluding hydrogens is 140 g/mol. The van der Waals surface area contributed by atoms with E-state index in [1.807, 2.05) is 0 Å². The first-order valence-corrected chi connectivity index (χ1v) is 4.37. The van der Waals surface area contributed by atoms with E-state index < -0.39 is 0 Å². The summed E-state index contributed by atoms with van der Waals surface area (Å²) >= 11 is 0. The molecule has 2 aliphatic heterocycles. The van der Waals surface area contributed by atoms with Crippen LogP contribution in [0.1, 0.15) is 13.3 Å². The van der Waals surface area contributed by atoms with Crippen LogP contribution in [0.5, 0.6) is 0 Å². The summed E-state index contributed by atoms with van der Waals surface area (Å²) in [5.41, 5.74) is 0.262. The number of ether oxygens (including phenoxy) is 1. The van der Waals surface area contributed by atoms with Gasteiger partial charge in [-0.15, -0.1) is 0 Å². The van der Waals surface area contributed by atoms with Crippen LogP contribution < -0.4 is 10.6 Å². The fourth-order valence-electron chi connectivity index (χ4n) is 2.01. The van der Waals surface area contributed by atoms with E-state index in [0.717, 1.165) is 32.7 Å². The highest BCUT2D eigenvalue weighted by molar-refractivity contribution is 4.98. The number of hydrogen-bond acceptors (Lipinski definition) is 3. The molecule has 2 heterocycles. The predicted molar refractivity (Wildman–Crippen MR) is 43.6 cm³/mol. The lowest BCUT2D eigenvalue weighted by Gasteiger charge is -2.37. The molecule has 2 fully saturated rings. The highest BCUT2D eigenvalue weighted by Crippen LogP contribution is 2.20. The van der Waals surface area contributed by atoms with Gasteiger partial charge in [0.25, 0.3) is 0 Å². The summed E-state index contributed by atoms with van der Waals surface area (Å²) in [5, 5.41) is 7.03. The Labute approximate surface area is 67.5 Å². The largest absolute Gasteiger partial charge is 0.379 e. The first-order valence-electron chi connectivity index (χ1n) is 4.37. The standard InChI is InChI=1S/C8H16N2O/c1-7-4-9-5-8(10-7)2-3-11-6-8/h7,9-10H,2-6H2,1H3. The minimum absolute atomic E-state index is 0.262. The van der Waals surface area contributed by atoms with E-state index >= 15 is 0 Å². The Hall–Kier alpha value is -0.120. The lowest BCUT2D eigenvalue weighted by molar-refractivity contribution is 0.148. The maximum Gasteiger partial charge on any atom is 0.0661 e. The van der Waals surface area contributed by atoms with Gasteiger partial charge in [-0.25, -0.2) is 0 Å². The summed E-state index contributed by atoms with van der Waals surface area (Å²) in [4.78, 5) is 0. The van der Waals surface area contributed by atoms with Crippen LogP contribution in [0.2, 0.25) is 0 Å². The third-order valence-corrected chi connectivity index (χ3v) is 2.57. The highest BCUT2D eigenvalue weighted by Gasteiger charge is 2.37. The van der Waals surface area contributed by atoms with Crippen molar-refractivity contribution in [2.24, 2.45) is 0 Å². The molecule has 2 atom stereocenters. The smallest absolute Gasteiger partial charge is 0.0661 e. The van der Waals surface area contributed by atoms with Crippen LogP contribution in [-0.2, 0) is 4.74 Å². The Morgan fingerprint density at radius 3 is 3.09 bits per heavy atom. The van der Waals surface area contributed by atoms with Crippen molar-refractivity contribution in [1.82, 2.24) is 10.6 Å².